The van der Waals surface area contributed by atoms with Gasteiger partial charge in [0.15, 0.2) is 11.6 Å². The lowest BCUT2D eigenvalue weighted by atomic mass is 10.1. The van der Waals surface area contributed by atoms with E-state index in [4.69, 9.17) is 19.4 Å². The van der Waals surface area contributed by atoms with Crippen LogP contribution in [0.5, 0.6) is 5.75 Å². The summed E-state index contributed by atoms with van der Waals surface area (Å²) in [5.74, 6) is 2.23. The van der Waals surface area contributed by atoms with Gasteiger partial charge in [-0.2, -0.15) is 0 Å². The molecule has 1 atom stereocenters. The highest BCUT2D eigenvalue weighted by atomic mass is 16.5. The first-order valence-electron chi connectivity index (χ1n) is 11.4. The third kappa shape index (κ3) is 3.56. The molecule has 2 aromatic carbocycles. The zero-order valence-electron chi connectivity index (χ0n) is 18.9. The van der Waals surface area contributed by atoms with Gasteiger partial charge in [-0.25, -0.2) is 9.97 Å². The van der Waals surface area contributed by atoms with Crippen LogP contribution in [0.25, 0.3) is 22.3 Å². The number of carbonyl (C=O) groups excluding carboxylic acids is 1. The Labute approximate surface area is 197 Å². The number of anilines is 2. The first kappa shape index (κ1) is 20.7. The number of benzene rings is 2. The van der Waals surface area contributed by atoms with Crippen LogP contribution in [0.1, 0.15) is 5.56 Å². The highest BCUT2D eigenvalue weighted by Gasteiger charge is 2.37. The monoisotopic (exact) mass is 455 g/mol. The van der Waals surface area contributed by atoms with Gasteiger partial charge in [0.05, 0.1) is 39.0 Å². The summed E-state index contributed by atoms with van der Waals surface area (Å²) < 4.78 is 11.0. The first-order chi connectivity index (χ1) is 16.7. The molecule has 1 N–H and O–H groups in total. The molecule has 0 saturated carbocycles. The van der Waals surface area contributed by atoms with E-state index in [9.17, 15) is 4.79 Å². The van der Waals surface area contributed by atoms with E-state index in [0.717, 1.165) is 45.8 Å². The molecule has 1 fully saturated rings. The predicted octanol–water partition coefficient (Wildman–Crippen LogP) is 3.43. The van der Waals surface area contributed by atoms with Gasteiger partial charge in [-0.1, -0.05) is 24.3 Å². The minimum atomic E-state index is 0.0146. The Morgan fingerprint density at radius 2 is 2.09 bits per heavy atom. The van der Waals surface area contributed by atoms with Crippen LogP contribution in [0, 0.1) is 0 Å². The number of nitrogens with zero attached hydrogens (tertiary/aromatic N) is 4. The van der Waals surface area contributed by atoms with Crippen molar-refractivity contribution in [3.63, 3.8) is 0 Å². The fourth-order valence-corrected chi connectivity index (χ4v) is 4.82. The summed E-state index contributed by atoms with van der Waals surface area (Å²) >= 11 is 0. The second-order valence-corrected chi connectivity index (χ2v) is 8.60. The number of amides is 1. The zero-order valence-corrected chi connectivity index (χ0v) is 18.9. The summed E-state index contributed by atoms with van der Waals surface area (Å²) in [6.45, 7) is 2.50. The summed E-state index contributed by atoms with van der Waals surface area (Å²) in [4.78, 5) is 30.4. The van der Waals surface area contributed by atoms with E-state index in [1.807, 2.05) is 59.6 Å². The maximum Gasteiger partial charge on any atom is 0.231 e. The Kier molecular flexibility index (Phi) is 5.15. The topological polar surface area (TPSA) is 83.6 Å². The van der Waals surface area contributed by atoms with Crippen molar-refractivity contribution in [2.45, 2.75) is 12.5 Å². The Bertz CT molecular complexity index is 1350. The van der Waals surface area contributed by atoms with E-state index in [1.165, 1.54) is 0 Å². The summed E-state index contributed by atoms with van der Waals surface area (Å²) in [5.41, 5.74) is 3.69. The van der Waals surface area contributed by atoms with Crippen molar-refractivity contribution in [2.75, 3.05) is 43.2 Å². The number of aromatic amines is 1. The third-order valence-corrected chi connectivity index (χ3v) is 6.59. The molecular formula is C26H25N5O3. The minimum absolute atomic E-state index is 0.0146. The molecule has 8 heteroatoms. The molecule has 34 heavy (non-hydrogen) atoms. The lowest BCUT2D eigenvalue weighted by Gasteiger charge is -2.44. The number of morpholine rings is 1. The normalized spacial score (nSPS) is 17.4. The molecule has 172 valence electrons. The smallest absolute Gasteiger partial charge is 0.231 e. The average molecular weight is 456 g/mol. The van der Waals surface area contributed by atoms with Gasteiger partial charge >= 0.3 is 0 Å². The van der Waals surface area contributed by atoms with E-state index in [2.05, 4.69) is 9.88 Å². The number of aromatic nitrogens is 3. The van der Waals surface area contributed by atoms with E-state index in [0.29, 0.717) is 32.0 Å². The molecule has 0 aliphatic carbocycles. The van der Waals surface area contributed by atoms with Crippen LogP contribution in [-0.4, -0.2) is 60.3 Å². The summed E-state index contributed by atoms with van der Waals surface area (Å²) in [7, 11) is 1.63. The summed E-state index contributed by atoms with van der Waals surface area (Å²) in [6.07, 6.45) is 4.01. The number of H-pyrrole nitrogens is 1. The van der Waals surface area contributed by atoms with E-state index < -0.39 is 0 Å². The molecule has 1 unspecified atom stereocenters. The van der Waals surface area contributed by atoms with Crippen LogP contribution in [0.15, 0.2) is 60.9 Å². The van der Waals surface area contributed by atoms with Gasteiger partial charge in [0.2, 0.25) is 5.91 Å². The van der Waals surface area contributed by atoms with Crippen molar-refractivity contribution in [2.24, 2.45) is 0 Å². The number of hydrogen-bond donors (Lipinski definition) is 1. The maximum absolute atomic E-state index is 13.4. The highest BCUT2D eigenvalue weighted by Crippen LogP contribution is 2.37. The molecule has 8 nitrogen and oxygen atoms in total. The van der Waals surface area contributed by atoms with Crippen molar-refractivity contribution >= 4 is 28.3 Å². The molecule has 1 saturated heterocycles. The quantitative estimate of drug-likeness (QED) is 0.508. The number of fused-ring (bicyclic) bond motifs is 4. The number of carbonyl (C=O) groups is 1. The summed E-state index contributed by atoms with van der Waals surface area (Å²) in [5, 5.41) is 1.07. The van der Waals surface area contributed by atoms with Gasteiger partial charge in [-0.15, -0.1) is 0 Å². The van der Waals surface area contributed by atoms with Crippen molar-refractivity contribution in [1.29, 1.82) is 0 Å². The second-order valence-electron chi connectivity index (χ2n) is 8.60. The van der Waals surface area contributed by atoms with Crippen LogP contribution in [0.3, 0.4) is 0 Å². The zero-order chi connectivity index (χ0) is 23.1. The Morgan fingerprint density at radius 1 is 1.21 bits per heavy atom. The van der Waals surface area contributed by atoms with Crippen LogP contribution >= 0.6 is 0 Å². The first-order valence-corrected chi connectivity index (χ1v) is 11.4. The van der Waals surface area contributed by atoms with Gasteiger partial charge in [0.1, 0.15) is 11.4 Å². The van der Waals surface area contributed by atoms with Crippen LogP contribution in [0.2, 0.25) is 0 Å². The summed E-state index contributed by atoms with van der Waals surface area (Å²) in [6, 6.07) is 15.8. The van der Waals surface area contributed by atoms with Crippen molar-refractivity contribution in [3.05, 3.63) is 66.5 Å². The Balaban J connectivity index is 1.37. The molecule has 4 heterocycles. The molecule has 2 aliphatic heterocycles. The standard InChI is InChI=1S/C26H25N5O3/c1-33-19-7-5-17(6-8-19)13-24(32)31-15-18-16-34-12-11-30(18)26-23(31)14-28-25(29-26)21-3-2-4-22-20(21)9-10-27-22/h2-10,14,18,27H,11-13,15-16H2,1H3. The molecule has 1 amide bonds. The Hall–Kier alpha value is -3.91. The van der Waals surface area contributed by atoms with Gasteiger partial charge in [0.25, 0.3) is 0 Å². The number of hydrogen-bond acceptors (Lipinski definition) is 6. The SMILES string of the molecule is COc1ccc(CC(=O)N2CC3COCCN3c3nc(-c4cccc5[nH]ccc45)ncc32)cc1. The minimum Gasteiger partial charge on any atom is -0.497 e. The molecule has 0 spiro atoms. The van der Waals surface area contributed by atoms with Crippen LogP contribution in [0.4, 0.5) is 11.5 Å². The van der Waals surface area contributed by atoms with E-state index in [-0.39, 0.29) is 11.9 Å². The highest BCUT2D eigenvalue weighted by molar-refractivity contribution is 5.99. The largest absolute Gasteiger partial charge is 0.497 e. The number of ether oxygens (including phenoxy) is 2. The van der Waals surface area contributed by atoms with Crippen molar-refractivity contribution < 1.29 is 14.3 Å². The van der Waals surface area contributed by atoms with Crippen molar-refractivity contribution in [1.82, 2.24) is 15.0 Å². The van der Waals surface area contributed by atoms with Crippen LogP contribution < -0.4 is 14.5 Å². The lowest BCUT2D eigenvalue weighted by Crippen LogP contribution is -2.57. The van der Waals surface area contributed by atoms with E-state index >= 15 is 0 Å². The average Bonchev–Trinajstić information content (AvgIpc) is 3.37. The molecule has 0 bridgehead atoms. The van der Waals surface area contributed by atoms with Gasteiger partial charge in [-0.05, 0) is 29.8 Å². The molecule has 4 aromatic rings. The van der Waals surface area contributed by atoms with E-state index in [1.54, 1.807) is 13.3 Å². The third-order valence-electron chi connectivity index (χ3n) is 6.59. The molecule has 6 rings (SSSR count). The number of rotatable bonds is 4. The fraction of sp³-hybridized carbons (Fsp3) is 0.269. The predicted molar refractivity (Wildman–Crippen MR) is 130 cm³/mol. The van der Waals surface area contributed by atoms with Gasteiger partial charge in [0, 0.05) is 35.8 Å². The Morgan fingerprint density at radius 3 is 2.94 bits per heavy atom. The second kappa shape index (κ2) is 8.46. The lowest BCUT2D eigenvalue weighted by molar-refractivity contribution is -0.118. The van der Waals surface area contributed by atoms with Gasteiger partial charge < -0.3 is 24.3 Å². The fourth-order valence-electron chi connectivity index (χ4n) is 4.82. The maximum atomic E-state index is 13.4. The molecule has 2 aromatic heterocycles. The molecule has 2 aliphatic rings. The van der Waals surface area contributed by atoms with Crippen molar-refractivity contribution in [3.8, 4) is 17.1 Å². The molecule has 0 radical (unpaired) electrons. The number of nitrogens with one attached hydrogen (secondary N) is 1. The van der Waals surface area contributed by atoms with Crippen LogP contribution in [-0.2, 0) is 16.0 Å². The number of methoxy groups -OCH3 is 1. The van der Waals surface area contributed by atoms with Gasteiger partial charge in [-0.3, -0.25) is 4.79 Å². The molecular weight excluding hydrogens is 430 g/mol.